The predicted molar refractivity (Wildman–Crippen MR) is 62.7 cm³/mol. The summed E-state index contributed by atoms with van der Waals surface area (Å²) in [5.41, 5.74) is 1.90. The third kappa shape index (κ3) is 2.15. The van der Waals surface area contributed by atoms with Gasteiger partial charge in [0, 0.05) is 22.3 Å². The van der Waals surface area contributed by atoms with Gasteiger partial charge in [-0.2, -0.15) is 0 Å². The van der Waals surface area contributed by atoms with Crippen LogP contribution in [0.15, 0.2) is 39.7 Å². The van der Waals surface area contributed by atoms with Gasteiger partial charge >= 0.3 is 0 Å². The number of hydrogen-bond acceptors (Lipinski definition) is 2. The van der Waals surface area contributed by atoms with Crippen LogP contribution < -0.4 is 5.56 Å². The van der Waals surface area contributed by atoms with Crippen molar-refractivity contribution < 1.29 is 0 Å². The quantitative estimate of drug-likeness (QED) is 0.861. The zero-order chi connectivity index (χ0) is 10.8. The van der Waals surface area contributed by atoms with Crippen molar-refractivity contribution in [2.45, 2.75) is 6.92 Å². The normalized spacial score (nSPS) is 10.3. The molecule has 0 radical (unpaired) electrons. The smallest absolute Gasteiger partial charge is 0.251 e. The van der Waals surface area contributed by atoms with E-state index in [0.29, 0.717) is 5.82 Å². The number of nitrogens with one attached hydrogen (secondary N) is 1. The molecule has 0 amide bonds. The lowest BCUT2D eigenvalue weighted by Crippen LogP contribution is -2.06. The summed E-state index contributed by atoms with van der Waals surface area (Å²) in [6, 6.07) is 7.29. The number of aromatic nitrogens is 2. The molecule has 0 spiro atoms. The highest BCUT2D eigenvalue weighted by Crippen LogP contribution is 2.25. The van der Waals surface area contributed by atoms with E-state index in [9.17, 15) is 4.79 Å². The Morgan fingerprint density at radius 2 is 2.13 bits per heavy atom. The zero-order valence-electron chi connectivity index (χ0n) is 8.12. The molecule has 1 aromatic carbocycles. The molecule has 0 saturated heterocycles. The van der Waals surface area contributed by atoms with Gasteiger partial charge in [0.15, 0.2) is 0 Å². The second kappa shape index (κ2) is 3.98. The van der Waals surface area contributed by atoms with Crippen LogP contribution in [0.5, 0.6) is 0 Å². The van der Waals surface area contributed by atoms with Crippen molar-refractivity contribution in [3.63, 3.8) is 0 Å². The van der Waals surface area contributed by atoms with E-state index in [4.69, 9.17) is 0 Å². The maximum absolute atomic E-state index is 11.1. The van der Waals surface area contributed by atoms with Gasteiger partial charge in [-0.3, -0.25) is 4.79 Å². The highest BCUT2D eigenvalue weighted by Gasteiger charge is 2.04. The highest BCUT2D eigenvalue weighted by molar-refractivity contribution is 9.10. The monoisotopic (exact) mass is 264 g/mol. The maximum Gasteiger partial charge on any atom is 0.251 e. The first-order valence-electron chi connectivity index (χ1n) is 4.48. The summed E-state index contributed by atoms with van der Waals surface area (Å²) < 4.78 is 0.928. The number of halogens is 1. The van der Waals surface area contributed by atoms with Gasteiger partial charge < -0.3 is 4.98 Å². The fraction of sp³-hybridized carbons (Fsp3) is 0.0909. The van der Waals surface area contributed by atoms with Crippen LogP contribution in [0.25, 0.3) is 11.4 Å². The van der Waals surface area contributed by atoms with E-state index >= 15 is 0 Å². The standard InChI is InChI=1S/C11H9BrN2O/c1-7-2-3-8(9(12)6-7)11-13-5-4-10(15)14-11/h2-6H,1H3,(H,13,14,15). The topological polar surface area (TPSA) is 45.8 Å². The minimum absolute atomic E-state index is 0.146. The lowest BCUT2D eigenvalue weighted by Gasteiger charge is -2.03. The van der Waals surface area contributed by atoms with E-state index in [1.54, 1.807) is 0 Å². The van der Waals surface area contributed by atoms with Gasteiger partial charge in [0.2, 0.25) is 0 Å². The molecular formula is C11H9BrN2O. The Bertz CT molecular complexity index is 548. The van der Waals surface area contributed by atoms with Crippen LogP contribution >= 0.6 is 15.9 Å². The van der Waals surface area contributed by atoms with E-state index in [0.717, 1.165) is 15.6 Å². The number of aryl methyl sites for hydroxylation is 1. The van der Waals surface area contributed by atoms with Crippen molar-refractivity contribution >= 4 is 15.9 Å². The second-order valence-electron chi connectivity index (χ2n) is 3.27. The predicted octanol–water partition coefficient (Wildman–Crippen LogP) is 2.51. The lowest BCUT2D eigenvalue weighted by molar-refractivity contribution is 1.12. The molecule has 2 rings (SSSR count). The number of rotatable bonds is 1. The van der Waals surface area contributed by atoms with Gasteiger partial charge in [0.1, 0.15) is 5.82 Å². The molecule has 1 N–H and O–H groups in total. The van der Waals surface area contributed by atoms with Gasteiger partial charge in [0.05, 0.1) is 0 Å². The fourth-order valence-corrected chi connectivity index (χ4v) is 2.00. The Kier molecular flexibility index (Phi) is 2.68. The van der Waals surface area contributed by atoms with Crippen molar-refractivity contribution in [2.24, 2.45) is 0 Å². The fourth-order valence-electron chi connectivity index (χ4n) is 1.32. The van der Waals surface area contributed by atoms with Crippen molar-refractivity contribution in [1.29, 1.82) is 0 Å². The van der Waals surface area contributed by atoms with Crippen LogP contribution in [0.4, 0.5) is 0 Å². The van der Waals surface area contributed by atoms with E-state index in [2.05, 4.69) is 25.9 Å². The summed E-state index contributed by atoms with van der Waals surface area (Å²) >= 11 is 3.45. The Morgan fingerprint density at radius 3 is 2.80 bits per heavy atom. The van der Waals surface area contributed by atoms with Crippen LogP contribution in [0.3, 0.4) is 0 Å². The first kappa shape index (κ1) is 10.1. The van der Waals surface area contributed by atoms with Crippen LogP contribution in [0.2, 0.25) is 0 Å². The Hall–Kier alpha value is -1.42. The average molecular weight is 265 g/mol. The summed E-state index contributed by atoms with van der Waals surface area (Å²) in [5, 5.41) is 0. The molecular weight excluding hydrogens is 256 g/mol. The molecule has 0 fully saturated rings. The van der Waals surface area contributed by atoms with Crippen LogP contribution in [-0.4, -0.2) is 9.97 Å². The Labute approximate surface area is 95.3 Å². The minimum atomic E-state index is -0.146. The van der Waals surface area contributed by atoms with Crippen molar-refractivity contribution in [3.05, 3.63) is 50.9 Å². The minimum Gasteiger partial charge on any atom is -0.307 e. The molecule has 0 aliphatic carbocycles. The molecule has 0 unspecified atom stereocenters. The van der Waals surface area contributed by atoms with Gasteiger partial charge in [-0.1, -0.05) is 22.0 Å². The number of H-pyrrole nitrogens is 1. The van der Waals surface area contributed by atoms with Crippen LogP contribution in [0, 0.1) is 6.92 Å². The molecule has 0 aliphatic heterocycles. The van der Waals surface area contributed by atoms with Crippen molar-refractivity contribution in [1.82, 2.24) is 9.97 Å². The third-order valence-corrected chi connectivity index (χ3v) is 2.71. The molecule has 0 aliphatic rings. The summed E-state index contributed by atoms with van der Waals surface area (Å²) in [6.45, 7) is 2.01. The third-order valence-electron chi connectivity index (χ3n) is 2.05. The summed E-state index contributed by atoms with van der Waals surface area (Å²) in [7, 11) is 0. The van der Waals surface area contributed by atoms with Crippen LogP contribution in [-0.2, 0) is 0 Å². The molecule has 2 aromatic rings. The molecule has 1 aromatic heterocycles. The largest absolute Gasteiger partial charge is 0.307 e. The van der Waals surface area contributed by atoms with E-state index in [1.165, 1.54) is 12.3 Å². The van der Waals surface area contributed by atoms with Crippen molar-refractivity contribution in [3.8, 4) is 11.4 Å². The summed E-state index contributed by atoms with van der Waals surface area (Å²) in [5.74, 6) is 0.578. The average Bonchev–Trinajstić information content (AvgIpc) is 2.17. The van der Waals surface area contributed by atoms with Crippen LogP contribution in [0.1, 0.15) is 5.56 Å². The molecule has 4 heteroatoms. The Balaban J connectivity index is 2.59. The maximum atomic E-state index is 11.1. The molecule has 0 atom stereocenters. The second-order valence-corrected chi connectivity index (χ2v) is 4.12. The van der Waals surface area contributed by atoms with E-state index in [-0.39, 0.29) is 5.56 Å². The molecule has 76 valence electrons. The van der Waals surface area contributed by atoms with E-state index in [1.807, 2.05) is 25.1 Å². The van der Waals surface area contributed by atoms with Gasteiger partial charge in [-0.25, -0.2) is 4.98 Å². The lowest BCUT2D eigenvalue weighted by atomic mass is 10.1. The van der Waals surface area contributed by atoms with Gasteiger partial charge in [-0.05, 0) is 24.6 Å². The Morgan fingerprint density at radius 1 is 1.33 bits per heavy atom. The molecule has 1 heterocycles. The zero-order valence-corrected chi connectivity index (χ0v) is 9.71. The molecule has 15 heavy (non-hydrogen) atoms. The van der Waals surface area contributed by atoms with Crippen molar-refractivity contribution in [2.75, 3.05) is 0 Å². The molecule has 0 saturated carbocycles. The first-order valence-corrected chi connectivity index (χ1v) is 5.28. The number of benzene rings is 1. The number of hydrogen-bond donors (Lipinski definition) is 1. The number of aromatic amines is 1. The molecule has 3 nitrogen and oxygen atoms in total. The summed E-state index contributed by atoms with van der Waals surface area (Å²) in [6.07, 6.45) is 1.50. The van der Waals surface area contributed by atoms with E-state index < -0.39 is 0 Å². The summed E-state index contributed by atoms with van der Waals surface area (Å²) in [4.78, 5) is 17.9. The van der Waals surface area contributed by atoms with Gasteiger partial charge in [0.25, 0.3) is 5.56 Å². The number of nitrogens with zero attached hydrogens (tertiary/aromatic N) is 1. The first-order chi connectivity index (χ1) is 7.16. The SMILES string of the molecule is Cc1ccc(-c2nccc(=O)[nH]2)c(Br)c1. The van der Waals surface area contributed by atoms with Gasteiger partial charge in [-0.15, -0.1) is 0 Å². The highest BCUT2D eigenvalue weighted by atomic mass is 79.9. The molecule has 0 bridgehead atoms.